The molecule has 10 rings (SSSR count). The van der Waals surface area contributed by atoms with Crippen molar-refractivity contribution in [1.82, 2.24) is 19.1 Å². The van der Waals surface area contributed by atoms with Crippen LogP contribution in [0.5, 0.6) is 0 Å². The van der Waals surface area contributed by atoms with Gasteiger partial charge in [0.25, 0.3) is 0 Å². The maximum absolute atomic E-state index is 14.4. The fourth-order valence-electron chi connectivity index (χ4n) is 7.77. The first-order valence-electron chi connectivity index (χ1n) is 17.3. The fraction of sp³-hybridized carbons (Fsp3) is 0.0435. The first-order valence-corrected chi connectivity index (χ1v) is 17.3. The van der Waals surface area contributed by atoms with Gasteiger partial charge in [-0.15, -0.1) is 0 Å². The summed E-state index contributed by atoms with van der Waals surface area (Å²) in [6.45, 7) is 0. The van der Waals surface area contributed by atoms with Gasteiger partial charge in [0.05, 0.1) is 33.5 Å². The number of nitrogens with zero attached hydrogens (tertiary/aromatic N) is 4. The number of para-hydroxylation sites is 3. The first-order chi connectivity index (χ1) is 25.2. The SMILES string of the molecule is Fc1cccc(-c2cc(-c3cccc(-n4c5ccccc5c5ccc6c7ccccc7n(-c7ccccc7)c6c54)c3)nc(C3C=CC=CC3)n2)c1. The molecule has 1 unspecified atom stereocenters. The van der Waals surface area contributed by atoms with Crippen LogP contribution in [0.1, 0.15) is 18.2 Å². The zero-order valence-corrected chi connectivity index (χ0v) is 27.6. The van der Waals surface area contributed by atoms with E-state index in [2.05, 4.69) is 143 Å². The molecule has 1 aliphatic rings. The molecule has 3 heterocycles. The Balaban J connectivity index is 1.25. The lowest BCUT2D eigenvalue weighted by molar-refractivity contribution is 0.628. The van der Waals surface area contributed by atoms with Crippen LogP contribution in [0.2, 0.25) is 0 Å². The van der Waals surface area contributed by atoms with Gasteiger partial charge in [-0.2, -0.15) is 0 Å². The number of hydrogen-bond donors (Lipinski definition) is 0. The average Bonchev–Trinajstić information content (AvgIpc) is 3.72. The van der Waals surface area contributed by atoms with Crippen LogP contribution in [0.4, 0.5) is 4.39 Å². The van der Waals surface area contributed by atoms with Gasteiger partial charge in [-0.3, -0.25) is 0 Å². The van der Waals surface area contributed by atoms with Crippen molar-refractivity contribution < 1.29 is 4.39 Å². The number of fused-ring (bicyclic) bond motifs is 7. The van der Waals surface area contributed by atoms with Gasteiger partial charge in [-0.05, 0) is 61.0 Å². The molecular weight excluding hydrogens is 628 g/mol. The molecule has 6 aromatic carbocycles. The van der Waals surface area contributed by atoms with Crippen molar-refractivity contribution in [1.29, 1.82) is 0 Å². The lowest BCUT2D eigenvalue weighted by Gasteiger charge is -2.16. The molecule has 0 radical (unpaired) electrons. The molecule has 0 saturated carbocycles. The van der Waals surface area contributed by atoms with E-state index in [4.69, 9.17) is 9.97 Å². The lowest BCUT2D eigenvalue weighted by atomic mass is 9.99. The Bertz CT molecular complexity index is 2860. The van der Waals surface area contributed by atoms with E-state index in [1.165, 1.54) is 39.2 Å². The van der Waals surface area contributed by atoms with Crippen LogP contribution in [0.25, 0.3) is 77.5 Å². The highest BCUT2D eigenvalue weighted by molar-refractivity contribution is 6.23. The molecule has 0 fully saturated rings. The number of aromatic nitrogens is 4. The summed E-state index contributed by atoms with van der Waals surface area (Å²) in [5.74, 6) is 0.474. The summed E-state index contributed by atoms with van der Waals surface area (Å²) in [6, 6.07) is 49.7. The van der Waals surface area contributed by atoms with Crippen LogP contribution in [0.3, 0.4) is 0 Å². The largest absolute Gasteiger partial charge is 0.307 e. The summed E-state index contributed by atoms with van der Waals surface area (Å²) in [5, 5.41) is 4.81. The molecule has 5 heteroatoms. The van der Waals surface area contributed by atoms with Gasteiger partial charge in [0, 0.05) is 50.0 Å². The molecule has 0 bridgehead atoms. The van der Waals surface area contributed by atoms with Crippen LogP contribution in [-0.2, 0) is 0 Å². The van der Waals surface area contributed by atoms with Gasteiger partial charge in [0.2, 0.25) is 0 Å². The van der Waals surface area contributed by atoms with Crippen molar-refractivity contribution in [2.45, 2.75) is 12.3 Å². The van der Waals surface area contributed by atoms with Crippen LogP contribution in [0, 0.1) is 5.82 Å². The Morgan fingerprint density at radius 2 is 1.10 bits per heavy atom. The molecular formula is C46H31FN4. The highest BCUT2D eigenvalue weighted by atomic mass is 19.1. The molecule has 0 amide bonds. The van der Waals surface area contributed by atoms with E-state index in [1.807, 2.05) is 18.2 Å². The van der Waals surface area contributed by atoms with Gasteiger partial charge in [0.1, 0.15) is 11.6 Å². The second-order valence-corrected chi connectivity index (χ2v) is 13.1. The Labute approximate surface area is 294 Å². The molecule has 3 aromatic heterocycles. The van der Waals surface area contributed by atoms with Crippen LogP contribution >= 0.6 is 0 Å². The monoisotopic (exact) mass is 658 g/mol. The number of benzene rings is 6. The summed E-state index contributed by atoms with van der Waals surface area (Å²) < 4.78 is 19.2. The number of halogens is 1. The quantitative estimate of drug-likeness (QED) is 0.184. The second-order valence-electron chi connectivity index (χ2n) is 13.1. The molecule has 0 aliphatic heterocycles. The first kappa shape index (κ1) is 29.3. The fourth-order valence-corrected chi connectivity index (χ4v) is 7.77. The third-order valence-corrected chi connectivity index (χ3v) is 10.1. The van der Waals surface area contributed by atoms with Gasteiger partial charge >= 0.3 is 0 Å². The molecule has 9 aromatic rings. The van der Waals surface area contributed by atoms with Gasteiger partial charge in [-0.1, -0.05) is 115 Å². The number of rotatable bonds is 5. The maximum atomic E-state index is 14.4. The maximum Gasteiger partial charge on any atom is 0.136 e. The summed E-state index contributed by atoms with van der Waals surface area (Å²) in [7, 11) is 0. The zero-order valence-electron chi connectivity index (χ0n) is 27.6. The van der Waals surface area contributed by atoms with E-state index < -0.39 is 0 Å². The van der Waals surface area contributed by atoms with Gasteiger partial charge in [-0.25, -0.2) is 14.4 Å². The van der Waals surface area contributed by atoms with E-state index in [1.54, 1.807) is 6.07 Å². The molecule has 51 heavy (non-hydrogen) atoms. The van der Waals surface area contributed by atoms with E-state index >= 15 is 0 Å². The second kappa shape index (κ2) is 11.8. The summed E-state index contributed by atoms with van der Waals surface area (Å²) >= 11 is 0. The molecule has 0 saturated heterocycles. The van der Waals surface area contributed by atoms with Gasteiger partial charge < -0.3 is 9.13 Å². The molecule has 4 nitrogen and oxygen atoms in total. The van der Waals surface area contributed by atoms with E-state index in [0.29, 0.717) is 5.69 Å². The summed E-state index contributed by atoms with van der Waals surface area (Å²) in [6.07, 6.45) is 9.19. The van der Waals surface area contributed by atoms with Crippen molar-refractivity contribution >= 4 is 43.6 Å². The Morgan fingerprint density at radius 3 is 1.75 bits per heavy atom. The molecule has 242 valence electrons. The minimum atomic E-state index is -0.290. The predicted molar refractivity (Wildman–Crippen MR) is 207 cm³/mol. The standard InChI is InChI=1S/C46H31FN4/c47-33-17-11-15-31(27-33)40-29-41(49-46(48-40)30-13-3-1-4-14-30)32-16-12-20-35(28-32)51-43-24-10-8-22-37(43)39-26-25-38-36-21-7-9-23-42(36)50(44(38)45(39)51)34-18-5-2-6-19-34/h1-13,15-30H,14H2. The normalized spacial score (nSPS) is 14.3. The lowest BCUT2D eigenvalue weighted by Crippen LogP contribution is -2.06. The molecule has 0 N–H and O–H groups in total. The van der Waals surface area contributed by atoms with Crippen molar-refractivity contribution in [3.63, 3.8) is 0 Å². The average molecular weight is 659 g/mol. The Kier molecular flexibility index (Phi) is 6.78. The minimum Gasteiger partial charge on any atom is -0.307 e. The topological polar surface area (TPSA) is 35.6 Å². The summed E-state index contributed by atoms with van der Waals surface area (Å²) in [5.41, 5.74) is 9.95. The smallest absolute Gasteiger partial charge is 0.136 e. The Hall–Kier alpha value is -6.59. The van der Waals surface area contributed by atoms with Crippen LogP contribution in [-0.4, -0.2) is 19.1 Å². The molecule has 1 aliphatic carbocycles. The number of allylic oxidation sites excluding steroid dienone is 4. The Morgan fingerprint density at radius 1 is 0.510 bits per heavy atom. The van der Waals surface area contributed by atoms with E-state index in [0.717, 1.165) is 57.0 Å². The van der Waals surface area contributed by atoms with Crippen molar-refractivity contribution in [2.75, 3.05) is 0 Å². The van der Waals surface area contributed by atoms with Crippen molar-refractivity contribution in [3.8, 4) is 33.9 Å². The number of hydrogen-bond acceptors (Lipinski definition) is 2. The highest BCUT2D eigenvalue weighted by Gasteiger charge is 2.22. The third kappa shape index (κ3) is 4.81. The minimum absolute atomic E-state index is 0.0379. The predicted octanol–water partition coefficient (Wildman–Crippen LogP) is 11.7. The van der Waals surface area contributed by atoms with Crippen LogP contribution in [0.15, 0.2) is 170 Å². The van der Waals surface area contributed by atoms with E-state index in [-0.39, 0.29) is 11.7 Å². The highest BCUT2D eigenvalue weighted by Crippen LogP contribution is 2.42. The zero-order chi connectivity index (χ0) is 33.9. The molecule has 0 spiro atoms. The molecule has 1 atom stereocenters. The van der Waals surface area contributed by atoms with E-state index in [9.17, 15) is 4.39 Å². The van der Waals surface area contributed by atoms with Gasteiger partial charge in [0.15, 0.2) is 0 Å². The van der Waals surface area contributed by atoms with Crippen LogP contribution < -0.4 is 0 Å². The third-order valence-electron chi connectivity index (χ3n) is 10.1. The van der Waals surface area contributed by atoms with Crippen molar-refractivity contribution in [2.24, 2.45) is 0 Å². The summed E-state index contributed by atoms with van der Waals surface area (Å²) in [4.78, 5) is 10.1. The van der Waals surface area contributed by atoms with Crippen molar-refractivity contribution in [3.05, 3.63) is 182 Å².